The molecule has 3 aromatic heterocycles. The number of halogens is 1. The zero-order valence-electron chi connectivity index (χ0n) is 21.5. The van der Waals surface area contributed by atoms with Crippen molar-refractivity contribution < 1.29 is 13.2 Å². The molecule has 1 unspecified atom stereocenters. The molecule has 0 bridgehead atoms. The van der Waals surface area contributed by atoms with Gasteiger partial charge in [0.25, 0.3) is 0 Å². The summed E-state index contributed by atoms with van der Waals surface area (Å²) in [6, 6.07) is 7.33. The molecule has 4 heterocycles. The first-order valence-corrected chi connectivity index (χ1v) is 14.3. The van der Waals surface area contributed by atoms with Gasteiger partial charge in [-0.3, -0.25) is 13.6 Å². The number of nitrogens with zero attached hydrogens (tertiary/aromatic N) is 6. The number of ether oxygens (including phenoxy) is 1. The van der Waals surface area contributed by atoms with Gasteiger partial charge in [0.15, 0.2) is 5.65 Å². The van der Waals surface area contributed by atoms with Crippen molar-refractivity contribution in [1.29, 1.82) is 0 Å². The van der Waals surface area contributed by atoms with E-state index in [9.17, 15) is 8.42 Å². The molecule has 0 amide bonds. The van der Waals surface area contributed by atoms with Crippen molar-refractivity contribution in [3.05, 3.63) is 47.1 Å². The molecule has 1 atom stereocenters. The van der Waals surface area contributed by atoms with E-state index in [0.29, 0.717) is 40.0 Å². The fourth-order valence-electron chi connectivity index (χ4n) is 4.78. The molecule has 12 heteroatoms. The van der Waals surface area contributed by atoms with Gasteiger partial charge in [-0.2, -0.15) is 5.10 Å². The van der Waals surface area contributed by atoms with E-state index in [1.807, 2.05) is 49.9 Å². The number of imidazole rings is 1. The Morgan fingerprint density at radius 1 is 1.16 bits per heavy atom. The number of hydrogen-bond acceptors (Lipinski definition) is 7. The highest BCUT2D eigenvalue weighted by Crippen LogP contribution is 2.38. The second-order valence-electron chi connectivity index (χ2n) is 9.40. The summed E-state index contributed by atoms with van der Waals surface area (Å²) in [6.45, 7) is 4.54. The maximum absolute atomic E-state index is 12.6. The van der Waals surface area contributed by atoms with Crippen LogP contribution in [-0.4, -0.2) is 52.6 Å². The van der Waals surface area contributed by atoms with Gasteiger partial charge in [-0.1, -0.05) is 17.7 Å². The van der Waals surface area contributed by atoms with Gasteiger partial charge in [-0.15, -0.1) is 0 Å². The third kappa shape index (κ3) is 4.90. The quantitative estimate of drug-likeness (QED) is 0.343. The van der Waals surface area contributed by atoms with E-state index in [4.69, 9.17) is 21.3 Å². The number of aromatic nitrogens is 5. The van der Waals surface area contributed by atoms with Gasteiger partial charge >= 0.3 is 0 Å². The predicted molar refractivity (Wildman–Crippen MR) is 146 cm³/mol. The van der Waals surface area contributed by atoms with Crippen LogP contribution in [0, 0.1) is 13.8 Å². The second-order valence-corrected chi connectivity index (χ2v) is 11.8. The summed E-state index contributed by atoms with van der Waals surface area (Å²) in [7, 11) is -0.158. The monoisotopic (exact) mass is 543 g/mol. The Labute approximate surface area is 221 Å². The first-order chi connectivity index (χ1) is 17.5. The SMILES string of the molecule is Cc1nn(C)cc1-c1ccc(Nc2cc(Cl)nc3c2nc(C)n3C2CCCCO2)c(N(C)S(C)(=O)=O)c1. The molecular weight excluding hydrogens is 514 g/mol. The number of aryl methyl sites for hydroxylation is 3. The lowest BCUT2D eigenvalue weighted by atomic mass is 10.1. The van der Waals surface area contributed by atoms with Gasteiger partial charge in [0.2, 0.25) is 10.0 Å². The summed E-state index contributed by atoms with van der Waals surface area (Å²) in [5.74, 6) is 0.774. The summed E-state index contributed by atoms with van der Waals surface area (Å²) in [5, 5.41) is 8.10. The van der Waals surface area contributed by atoms with Gasteiger partial charge < -0.3 is 10.1 Å². The molecular formula is C25H30ClN7O3S. The summed E-state index contributed by atoms with van der Waals surface area (Å²) >= 11 is 6.46. The molecule has 1 N–H and O–H groups in total. The molecule has 196 valence electrons. The van der Waals surface area contributed by atoms with Crippen molar-refractivity contribution in [2.24, 2.45) is 7.05 Å². The molecule has 0 spiro atoms. The lowest BCUT2D eigenvalue weighted by molar-refractivity contribution is -0.0309. The molecule has 5 rings (SSSR count). The van der Waals surface area contributed by atoms with Crippen molar-refractivity contribution in [3.63, 3.8) is 0 Å². The zero-order valence-corrected chi connectivity index (χ0v) is 23.1. The lowest BCUT2D eigenvalue weighted by Gasteiger charge is -2.25. The molecule has 37 heavy (non-hydrogen) atoms. The minimum Gasteiger partial charge on any atom is -0.358 e. The lowest BCUT2D eigenvalue weighted by Crippen LogP contribution is -2.25. The van der Waals surface area contributed by atoms with E-state index in [-0.39, 0.29) is 6.23 Å². The smallest absolute Gasteiger partial charge is 0.232 e. The fourth-order valence-corrected chi connectivity index (χ4v) is 5.48. The van der Waals surface area contributed by atoms with E-state index in [1.165, 1.54) is 17.6 Å². The highest BCUT2D eigenvalue weighted by molar-refractivity contribution is 7.92. The summed E-state index contributed by atoms with van der Waals surface area (Å²) in [6.07, 6.45) is 5.92. The number of pyridine rings is 1. The van der Waals surface area contributed by atoms with Crippen LogP contribution in [0.15, 0.2) is 30.5 Å². The molecule has 10 nitrogen and oxygen atoms in total. The Balaban J connectivity index is 1.62. The van der Waals surface area contributed by atoms with Crippen LogP contribution < -0.4 is 9.62 Å². The molecule has 1 saturated heterocycles. The van der Waals surface area contributed by atoms with E-state index in [1.54, 1.807) is 10.7 Å². The molecule has 1 aliphatic rings. The highest BCUT2D eigenvalue weighted by Gasteiger charge is 2.24. The topological polar surface area (TPSA) is 107 Å². The third-order valence-corrected chi connectivity index (χ3v) is 8.05. The van der Waals surface area contributed by atoms with Crippen molar-refractivity contribution in [2.75, 3.05) is 29.5 Å². The minimum absolute atomic E-state index is 0.147. The van der Waals surface area contributed by atoms with Crippen LogP contribution in [0.3, 0.4) is 0 Å². The first-order valence-electron chi connectivity index (χ1n) is 12.0. The Morgan fingerprint density at radius 3 is 2.59 bits per heavy atom. The first kappa shape index (κ1) is 25.5. The van der Waals surface area contributed by atoms with Crippen molar-refractivity contribution >= 4 is 49.9 Å². The number of hydrogen-bond donors (Lipinski definition) is 1. The summed E-state index contributed by atoms with van der Waals surface area (Å²) < 4.78 is 36.1. The fraction of sp³-hybridized carbons (Fsp3) is 0.400. The highest BCUT2D eigenvalue weighted by atomic mass is 35.5. The Morgan fingerprint density at radius 2 is 1.95 bits per heavy atom. The normalized spacial score (nSPS) is 16.3. The van der Waals surface area contributed by atoms with E-state index < -0.39 is 10.0 Å². The zero-order chi connectivity index (χ0) is 26.5. The number of rotatable bonds is 6. The van der Waals surface area contributed by atoms with Gasteiger partial charge in [0.05, 0.1) is 29.0 Å². The average Bonchev–Trinajstić information content (AvgIpc) is 3.36. The Hall–Kier alpha value is -3.15. The van der Waals surface area contributed by atoms with Crippen LogP contribution >= 0.6 is 11.6 Å². The standard InChI is InChI=1S/C25H30ClN7O3S/c1-15-18(14-31(3)30-15)17-9-10-19(21(12-17)32(4)37(5,34)35)28-20-13-22(26)29-25-24(20)27-16(2)33(25)23-8-6-7-11-36-23/h9-10,12-14,23H,6-8,11H2,1-5H3,(H,28,29). The second kappa shape index (κ2) is 9.62. The molecule has 4 aromatic rings. The van der Waals surface area contributed by atoms with Gasteiger partial charge in [0.1, 0.15) is 22.7 Å². The molecule has 0 radical (unpaired) electrons. The molecule has 1 aromatic carbocycles. The summed E-state index contributed by atoms with van der Waals surface area (Å²) in [5.41, 5.74) is 5.59. The molecule has 0 saturated carbocycles. The van der Waals surface area contributed by atoms with E-state index in [0.717, 1.165) is 41.9 Å². The van der Waals surface area contributed by atoms with Crippen LogP contribution in [0.1, 0.15) is 37.0 Å². The minimum atomic E-state index is -3.54. The van der Waals surface area contributed by atoms with Crippen LogP contribution in [0.4, 0.5) is 17.1 Å². The Bertz CT molecular complexity index is 1590. The molecule has 1 aliphatic heterocycles. The van der Waals surface area contributed by atoms with Gasteiger partial charge in [-0.05, 0) is 50.8 Å². The molecule has 0 aliphatic carbocycles. The maximum Gasteiger partial charge on any atom is 0.232 e. The van der Waals surface area contributed by atoms with Gasteiger partial charge in [0, 0.05) is 38.5 Å². The third-order valence-electron chi connectivity index (χ3n) is 6.67. The average molecular weight is 544 g/mol. The Kier molecular flexibility index (Phi) is 6.63. The van der Waals surface area contributed by atoms with E-state index in [2.05, 4.69) is 15.4 Å². The van der Waals surface area contributed by atoms with Gasteiger partial charge in [-0.25, -0.2) is 18.4 Å². The van der Waals surface area contributed by atoms with Crippen LogP contribution in [0.2, 0.25) is 5.15 Å². The van der Waals surface area contributed by atoms with E-state index >= 15 is 0 Å². The van der Waals surface area contributed by atoms with Crippen molar-refractivity contribution in [2.45, 2.75) is 39.3 Å². The maximum atomic E-state index is 12.6. The van der Waals surface area contributed by atoms with Crippen LogP contribution in [0.5, 0.6) is 0 Å². The predicted octanol–water partition coefficient (Wildman–Crippen LogP) is 4.94. The van der Waals surface area contributed by atoms with Crippen molar-refractivity contribution in [3.8, 4) is 11.1 Å². The van der Waals surface area contributed by atoms with Crippen LogP contribution in [0.25, 0.3) is 22.3 Å². The number of sulfonamides is 1. The molecule has 1 fully saturated rings. The largest absolute Gasteiger partial charge is 0.358 e. The number of anilines is 3. The number of fused-ring (bicyclic) bond motifs is 1. The summed E-state index contributed by atoms with van der Waals surface area (Å²) in [4.78, 5) is 9.35. The number of benzene rings is 1. The van der Waals surface area contributed by atoms with Crippen molar-refractivity contribution in [1.82, 2.24) is 24.3 Å². The van der Waals surface area contributed by atoms with Crippen LogP contribution in [-0.2, 0) is 21.8 Å². The number of nitrogens with one attached hydrogen (secondary N) is 1.